The van der Waals surface area contributed by atoms with Gasteiger partial charge in [0.2, 0.25) is 11.6 Å². The van der Waals surface area contributed by atoms with Crippen molar-refractivity contribution in [2.75, 3.05) is 51.6 Å². The number of nitrogens with zero attached hydrogens (tertiary/aromatic N) is 3. The first-order valence-corrected chi connectivity index (χ1v) is 13.5. The van der Waals surface area contributed by atoms with Crippen molar-refractivity contribution in [2.45, 2.75) is 52.4 Å². The summed E-state index contributed by atoms with van der Waals surface area (Å²) in [6.07, 6.45) is 9.57. The molecule has 3 aliphatic heterocycles. The number of ketones is 2. The van der Waals surface area contributed by atoms with E-state index < -0.39 is 7.37 Å². The second-order valence-electron chi connectivity index (χ2n) is 8.54. The van der Waals surface area contributed by atoms with Crippen LogP contribution in [0.1, 0.15) is 52.4 Å². The lowest BCUT2D eigenvalue weighted by molar-refractivity contribution is -0.117. The van der Waals surface area contributed by atoms with E-state index in [2.05, 4.69) is 6.92 Å². The lowest BCUT2D eigenvalue weighted by atomic mass is 10.0. The molecule has 3 fully saturated rings. The van der Waals surface area contributed by atoms with Gasteiger partial charge < -0.3 is 19.6 Å². The number of allylic oxidation sites excluding steroid dienone is 1. The maximum atomic E-state index is 12.4. The summed E-state index contributed by atoms with van der Waals surface area (Å²) in [5, 5.41) is 0. The van der Waals surface area contributed by atoms with E-state index in [0.717, 1.165) is 52.1 Å². The Bertz CT molecular complexity index is 764. The molecule has 4 rings (SSSR count). The summed E-state index contributed by atoms with van der Waals surface area (Å²) in [6, 6.07) is 0. The summed E-state index contributed by atoms with van der Waals surface area (Å²) >= 11 is 0. The molecular formula is C22H36N3O4P. The number of Topliss-reactive ketones (excluding diaryl/α,β-unsaturated/α-hetero) is 1. The van der Waals surface area contributed by atoms with Crippen molar-refractivity contribution in [2.24, 2.45) is 0 Å². The van der Waals surface area contributed by atoms with E-state index in [9.17, 15) is 19.0 Å². The highest BCUT2D eigenvalue weighted by Gasteiger charge is 2.43. The van der Waals surface area contributed by atoms with Gasteiger partial charge in [-0.1, -0.05) is 46.0 Å². The van der Waals surface area contributed by atoms with Crippen molar-refractivity contribution in [1.82, 2.24) is 14.7 Å². The summed E-state index contributed by atoms with van der Waals surface area (Å²) in [6.45, 7) is 9.39. The predicted molar refractivity (Wildman–Crippen MR) is 118 cm³/mol. The molecule has 0 radical (unpaired) electrons. The van der Waals surface area contributed by atoms with E-state index in [1.165, 1.54) is 31.8 Å². The van der Waals surface area contributed by atoms with Crippen LogP contribution in [0.4, 0.5) is 0 Å². The average Bonchev–Trinajstić information content (AvgIpc) is 3.58. The summed E-state index contributed by atoms with van der Waals surface area (Å²) in [5.74, 6) is 0.0485. The molecule has 0 aromatic heterocycles. The minimum Gasteiger partial charge on any atom is -0.365 e. The van der Waals surface area contributed by atoms with Gasteiger partial charge in [-0.15, -0.1) is 0 Å². The van der Waals surface area contributed by atoms with Crippen molar-refractivity contribution in [3.05, 3.63) is 23.2 Å². The number of rotatable bonds is 11. The average molecular weight is 438 g/mol. The Kier molecular flexibility index (Phi) is 7.81. The summed E-state index contributed by atoms with van der Waals surface area (Å²) in [5.41, 5.74) is 1.89. The molecule has 0 aromatic rings. The monoisotopic (exact) mass is 437 g/mol. The molecule has 0 spiro atoms. The minimum atomic E-state index is -2.73. The Morgan fingerprint density at radius 3 is 1.90 bits per heavy atom. The Labute approximate surface area is 180 Å². The zero-order valence-electron chi connectivity index (χ0n) is 18.4. The Hall–Kier alpha value is -1.59. The van der Waals surface area contributed by atoms with Gasteiger partial charge in [0.25, 0.3) is 0 Å². The highest BCUT2D eigenvalue weighted by molar-refractivity contribution is 7.57. The molecule has 1 unspecified atom stereocenters. The molecule has 0 aromatic carbocycles. The molecule has 8 heteroatoms. The van der Waals surface area contributed by atoms with Gasteiger partial charge in [-0.2, -0.15) is 0 Å². The second kappa shape index (κ2) is 10.1. The van der Waals surface area contributed by atoms with Crippen LogP contribution in [0.15, 0.2) is 23.2 Å². The maximum absolute atomic E-state index is 12.4. The van der Waals surface area contributed by atoms with Crippen molar-refractivity contribution in [3.8, 4) is 0 Å². The first-order chi connectivity index (χ1) is 14.4. The van der Waals surface area contributed by atoms with Gasteiger partial charge >= 0.3 is 0 Å². The molecule has 0 saturated carbocycles. The zero-order chi connectivity index (χ0) is 21.7. The van der Waals surface area contributed by atoms with Gasteiger partial charge in [0.05, 0.1) is 5.70 Å². The fourth-order valence-corrected chi connectivity index (χ4v) is 4.61. The molecule has 7 nitrogen and oxygen atoms in total. The number of carbonyl (C=O) groups excluding carboxylic acids is 2. The molecule has 168 valence electrons. The molecule has 1 N–H and O–H groups in total. The fraction of sp³-hybridized carbons (Fsp3) is 0.727. The van der Waals surface area contributed by atoms with Crippen molar-refractivity contribution >= 4 is 18.9 Å². The molecule has 30 heavy (non-hydrogen) atoms. The van der Waals surface area contributed by atoms with Crippen molar-refractivity contribution < 1.29 is 19.0 Å². The third-order valence-corrected chi connectivity index (χ3v) is 7.85. The van der Waals surface area contributed by atoms with Crippen LogP contribution in [0.5, 0.6) is 0 Å². The third kappa shape index (κ3) is 6.45. The molecule has 1 aliphatic carbocycles. The molecule has 0 amide bonds. The van der Waals surface area contributed by atoms with Crippen LogP contribution in [-0.2, 0) is 14.2 Å². The first-order valence-electron chi connectivity index (χ1n) is 11.5. The summed E-state index contributed by atoms with van der Waals surface area (Å²) in [4.78, 5) is 39.7. The molecule has 1 atom stereocenters. The zero-order valence-corrected chi connectivity index (χ0v) is 19.3. The van der Waals surface area contributed by atoms with E-state index in [1.807, 2.05) is 14.7 Å². The normalized spacial score (nSPS) is 21.8. The van der Waals surface area contributed by atoms with Gasteiger partial charge in [-0.3, -0.25) is 14.2 Å². The summed E-state index contributed by atoms with van der Waals surface area (Å²) < 4.78 is 11.2. The van der Waals surface area contributed by atoms with Gasteiger partial charge in [-0.05, 0) is 6.42 Å². The molecule has 4 aliphatic rings. The number of hydrogen-bond donors (Lipinski definition) is 1. The van der Waals surface area contributed by atoms with E-state index in [0.29, 0.717) is 29.4 Å². The third-order valence-electron chi connectivity index (χ3n) is 5.84. The first kappa shape index (κ1) is 23.1. The molecule has 3 saturated heterocycles. The van der Waals surface area contributed by atoms with E-state index in [1.54, 1.807) is 6.92 Å². The van der Waals surface area contributed by atoms with E-state index in [4.69, 9.17) is 0 Å². The van der Waals surface area contributed by atoms with Crippen LogP contribution in [-0.4, -0.2) is 82.8 Å². The lowest BCUT2D eigenvalue weighted by Crippen LogP contribution is -2.29. The topological polar surface area (TPSA) is 80.5 Å². The van der Waals surface area contributed by atoms with Crippen molar-refractivity contribution in [3.63, 3.8) is 0 Å². The fourth-order valence-electron chi connectivity index (χ4n) is 3.57. The highest BCUT2D eigenvalue weighted by Crippen LogP contribution is 2.40. The van der Waals surface area contributed by atoms with Crippen molar-refractivity contribution in [1.29, 1.82) is 0 Å². The smallest absolute Gasteiger partial charge is 0.227 e. The van der Waals surface area contributed by atoms with E-state index >= 15 is 0 Å². The van der Waals surface area contributed by atoms with Crippen LogP contribution in [0, 0.1) is 0 Å². The second-order valence-corrected chi connectivity index (χ2v) is 11.3. The van der Waals surface area contributed by atoms with Crippen LogP contribution in [0.25, 0.3) is 0 Å². The predicted octanol–water partition coefficient (Wildman–Crippen LogP) is 2.82. The lowest BCUT2D eigenvalue weighted by Gasteiger charge is -2.21. The Morgan fingerprint density at radius 1 is 0.833 bits per heavy atom. The number of hydrogen-bond acceptors (Lipinski definition) is 6. The van der Waals surface area contributed by atoms with Crippen LogP contribution in [0.2, 0.25) is 0 Å². The quantitative estimate of drug-likeness (QED) is 0.230. The standard InChI is InChI=1S/C12H13N3O2.C10H23O2P/c16-9-7-8(13-1-2-13)12(17)11(15-5-6-15)10(9)14-3-4-14;1-3-5-6-7-8-9-10-13(11,12)4-2/h7H,1-6H2;3-10H2,1-2H3,(H,11,12). The Morgan fingerprint density at radius 2 is 1.37 bits per heavy atom. The Balaban J connectivity index is 0.000000180. The van der Waals surface area contributed by atoms with Crippen LogP contribution < -0.4 is 0 Å². The minimum absolute atomic E-state index is 0.00546. The summed E-state index contributed by atoms with van der Waals surface area (Å²) in [7, 11) is -2.73. The SMILES string of the molecule is CCCCCCCCP(=O)(O)CC.O=C1C=C(N2CC2)C(=O)C(N2CC2)=C1N1CC1. The highest BCUT2D eigenvalue weighted by atomic mass is 31.2. The van der Waals surface area contributed by atoms with E-state index in [-0.39, 0.29) is 11.6 Å². The number of carbonyl (C=O) groups is 2. The molecule has 3 heterocycles. The van der Waals surface area contributed by atoms with Crippen LogP contribution >= 0.6 is 7.37 Å². The largest absolute Gasteiger partial charge is 0.365 e. The van der Waals surface area contributed by atoms with Gasteiger partial charge in [-0.25, -0.2) is 0 Å². The van der Waals surface area contributed by atoms with Crippen LogP contribution in [0.3, 0.4) is 0 Å². The molecular weight excluding hydrogens is 401 g/mol. The van der Waals surface area contributed by atoms with Gasteiger partial charge in [0.15, 0.2) is 7.37 Å². The number of unbranched alkanes of at least 4 members (excludes halogenated alkanes) is 5. The van der Waals surface area contributed by atoms with Gasteiger partial charge in [0, 0.05) is 57.7 Å². The maximum Gasteiger partial charge on any atom is 0.227 e. The van der Waals surface area contributed by atoms with Gasteiger partial charge in [0.1, 0.15) is 11.4 Å². The molecule has 0 bridgehead atoms.